The van der Waals surface area contributed by atoms with Crippen LogP contribution in [0.4, 0.5) is 5.69 Å². The SMILES string of the molecule is Cc1ccc(NC(=O)CCN)c(O)c1.Cl. The Morgan fingerprint density at radius 2 is 2.20 bits per heavy atom. The highest BCUT2D eigenvalue weighted by Gasteiger charge is 2.04. The molecule has 0 saturated carbocycles. The highest BCUT2D eigenvalue weighted by molar-refractivity contribution is 5.92. The Morgan fingerprint density at radius 1 is 1.53 bits per heavy atom. The van der Waals surface area contributed by atoms with Gasteiger partial charge < -0.3 is 16.2 Å². The molecule has 0 saturated heterocycles. The molecule has 84 valence electrons. The number of phenolic OH excluding ortho intramolecular Hbond substituents is 1. The predicted octanol–water partition coefficient (Wildman–Crippen LogP) is 1.41. The van der Waals surface area contributed by atoms with E-state index in [0.29, 0.717) is 12.2 Å². The number of hydrogen-bond acceptors (Lipinski definition) is 3. The fourth-order valence-corrected chi connectivity index (χ4v) is 1.09. The van der Waals surface area contributed by atoms with Crippen LogP contribution in [0.3, 0.4) is 0 Å². The Bertz CT molecular complexity index is 342. The summed E-state index contributed by atoms with van der Waals surface area (Å²) in [6.07, 6.45) is 0.257. The van der Waals surface area contributed by atoms with Crippen LogP contribution >= 0.6 is 12.4 Å². The molecule has 0 aliphatic heterocycles. The lowest BCUT2D eigenvalue weighted by Crippen LogP contribution is -2.16. The van der Waals surface area contributed by atoms with Crippen molar-refractivity contribution in [3.8, 4) is 5.75 Å². The van der Waals surface area contributed by atoms with Crippen molar-refractivity contribution in [2.45, 2.75) is 13.3 Å². The Hall–Kier alpha value is -1.26. The summed E-state index contributed by atoms with van der Waals surface area (Å²) in [5.41, 5.74) is 6.59. The Balaban J connectivity index is 0.00000196. The summed E-state index contributed by atoms with van der Waals surface area (Å²) < 4.78 is 0. The van der Waals surface area contributed by atoms with Gasteiger partial charge in [0.15, 0.2) is 0 Å². The minimum atomic E-state index is -0.188. The molecule has 0 unspecified atom stereocenters. The van der Waals surface area contributed by atoms with E-state index in [2.05, 4.69) is 5.32 Å². The molecule has 0 aliphatic carbocycles. The lowest BCUT2D eigenvalue weighted by Gasteiger charge is -2.06. The Labute approximate surface area is 94.9 Å². The van der Waals surface area contributed by atoms with Crippen molar-refractivity contribution in [2.75, 3.05) is 11.9 Å². The van der Waals surface area contributed by atoms with Gasteiger partial charge in [0, 0.05) is 13.0 Å². The van der Waals surface area contributed by atoms with Crippen LogP contribution in [0, 0.1) is 6.92 Å². The third kappa shape index (κ3) is 4.18. The first-order valence-electron chi connectivity index (χ1n) is 4.43. The summed E-state index contributed by atoms with van der Waals surface area (Å²) in [7, 11) is 0. The number of rotatable bonds is 3. The normalized spacial score (nSPS) is 9.20. The number of phenols is 1. The average Bonchev–Trinajstić information content (AvgIpc) is 2.10. The van der Waals surface area contributed by atoms with Crippen LogP contribution in [0.1, 0.15) is 12.0 Å². The largest absolute Gasteiger partial charge is 0.506 e. The van der Waals surface area contributed by atoms with Crippen LogP contribution in [0.5, 0.6) is 5.75 Å². The van der Waals surface area contributed by atoms with Crippen LogP contribution in [0.15, 0.2) is 18.2 Å². The van der Waals surface area contributed by atoms with Gasteiger partial charge in [-0.1, -0.05) is 6.07 Å². The number of nitrogens with one attached hydrogen (secondary N) is 1. The van der Waals surface area contributed by atoms with Gasteiger partial charge in [-0.2, -0.15) is 0 Å². The zero-order chi connectivity index (χ0) is 10.6. The molecule has 1 amide bonds. The van der Waals surface area contributed by atoms with Crippen LogP contribution in [0.25, 0.3) is 0 Å². The second-order valence-electron chi connectivity index (χ2n) is 3.11. The van der Waals surface area contributed by atoms with Crippen molar-refractivity contribution in [3.05, 3.63) is 23.8 Å². The van der Waals surface area contributed by atoms with Gasteiger partial charge >= 0.3 is 0 Å². The van der Waals surface area contributed by atoms with Crippen LogP contribution in [0.2, 0.25) is 0 Å². The smallest absolute Gasteiger partial charge is 0.225 e. The number of anilines is 1. The number of nitrogens with two attached hydrogens (primary N) is 1. The summed E-state index contributed by atoms with van der Waals surface area (Å²) in [5, 5.41) is 12.0. The molecule has 0 aliphatic rings. The minimum Gasteiger partial charge on any atom is -0.506 e. The van der Waals surface area contributed by atoms with Gasteiger partial charge in [0.25, 0.3) is 0 Å². The zero-order valence-corrected chi connectivity index (χ0v) is 9.30. The summed E-state index contributed by atoms with van der Waals surface area (Å²) in [4.78, 5) is 11.1. The van der Waals surface area contributed by atoms with E-state index in [9.17, 15) is 9.90 Å². The molecule has 0 bridgehead atoms. The number of halogens is 1. The standard InChI is InChI=1S/C10H14N2O2.ClH/c1-7-2-3-8(9(13)6-7)12-10(14)4-5-11;/h2-3,6,13H,4-5,11H2,1H3,(H,12,14);1H. The Morgan fingerprint density at radius 3 is 2.73 bits per heavy atom. The molecule has 0 atom stereocenters. The molecule has 15 heavy (non-hydrogen) atoms. The molecule has 4 nitrogen and oxygen atoms in total. The molecular weight excluding hydrogens is 216 g/mol. The zero-order valence-electron chi connectivity index (χ0n) is 8.49. The number of aromatic hydroxyl groups is 1. The van der Waals surface area contributed by atoms with Gasteiger partial charge in [0.1, 0.15) is 5.75 Å². The number of hydrogen-bond donors (Lipinski definition) is 3. The quantitative estimate of drug-likeness (QED) is 0.688. The van der Waals surface area contributed by atoms with Crippen LogP contribution in [-0.4, -0.2) is 17.6 Å². The topological polar surface area (TPSA) is 75.4 Å². The van der Waals surface area contributed by atoms with E-state index in [1.165, 1.54) is 0 Å². The third-order valence-electron chi connectivity index (χ3n) is 1.80. The maximum Gasteiger partial charge on any atom is 0.225 e. The highest BCUT2D eigenvalue weighted by atomic mass is 35.5. The first-order valence-corrected chi connectivity index (χ1v) is 4.43. The number of aryl methyl sites for hydroxylation is 1. The second-order valence-corrected chi connectivity index (χ2v) is 3.11. The van der Waals surface area contributed by atoms with E-state index in [1.807, 2.05) is 13.0 Å². The number of amides is 1. The summed E-state index contributed by atoms with van der Waals surface area (Å²) in [6, 6.07) is 5.08. The molecule has 0 radical (unpaired) electrons. The monoisotopic (exact) mass is 230 g/mol. The summed E-state index contributed by atoms with van der Waals surface area (Å²) >= 11 is 0. The molecule has 0 aromatic heterocycles. The first kappa shape index (κ1) is 13.7. The molecule has 0 spiro atoms. The average molecular weight is 231 g/mol. The molecule has 1 aromatic carbocycles. The second kappa shape index (κ2) is 6.27. The van der Waals surface area contributed by atoms with Crippen molar-refractivity contribution in [1.29, 1.82) is 0 Å². The van der Waals surface area contributed by atoms with Crippen molar-refractivity contribution in [1.82, 2.24) is 0 Å². The van der Waals surface area contributed by atoms with Gasteiger partial charge in [-0.25, -0.2) is 0 Å². The van der Waals surface area contributed by atoms with Gasteiger partial charge in [-0.3, -0.25) is 4.79 Å². The Kier molecular flexibility index (Phi) is 5.74. The molecule has 1 aromatic rings. The lowest BCUT2D eigenvalue weighted by molar-refractivity contribution is -0.116. The number of carbonyl (C=O) groups is 1. The first-order chi connectivity index (χ1) is 6.63. The van der Waals surface area contributed by atoms with Crippen LogP contribution < -0.4 is 11.1 Å². The molecule has 0 fully saturated rings. The fourth-order valence-electron chi connectivity index (χ4n) is 1.09. The maximum absolute atomic E-state index is 11.1. The highest BCUT2D eigenvalue weighted by Crippen LogP contribution is 2.23. The molecule has 4 N–H and O–H groups in total. The van der Waals surface area contributed by atoms with E-state index in [0.717, 1.165) is 5.56 Å². The molecule has 0 heterocycles. The van der Waals surface area contributed by atoms with E-state index in [4.69, 9.17) is 5.73 Å². The maximum atomic E-state index is 11.1. The van der Waals surface area contributed by atoms with Crippen molar-refractivity contribution < 1.29 is 9.90 Å². The number of benzene rings is 1. The van der Waals surface area contributed by atoms with Crippen molar-refractivity contribution in [3.63, 3.8) is 0 Å². The molecular formula is C10H15ClN2O2. The minimum absolute atomic E-state index is 0. The van der Waals surface area contributed by atoms with Gasteiger partial charge in [0.2, 0.25) is 5.91 Å². The third-order valence-corrected chi connectivity index (χ3v) is 1.80. The van der Waals surface area contributed by atoms with E-state index < -0.39 is 0 Å². The molecule has 1 rings (SSSR count). The van der Waals surface area contributed by atoms with E-state index in [1.54, 1.807) is 12.1 Å². The lowest BCUT2D eigenvalue weighted by atomic mass is 10.2. The summed E-state index contributed by atoms with van der Waals surface area (Å²) in [5.74, 6) is -0.109. The van der Waals surface area contributed by atoms with Crippen LogP contribution in [-0.2, 0) is 4.79 Å². The summed E-state index contributed by atoms with van der Waals surface area (Å²) in [6.45, 7) is 2.17. The number of carbonyl (C=O) groups excluding carboxylic acids is 1. The fraction of sp³-hybridized carbons (Fsp3) is 0.300. The van der Waals surface area contributed by atoms with E-state index in [-0.39, 0.29) is 30.5 Å². The van der Waals surface area contributed by atoms with Gasteiger partial charge in [0.05, 0.1) is 5.69 Å². The van der Waals surface area contributed by atoms with Gasteiger partial charge in [-0.15, -0.1) is 12.4 Å². The van der Waals surface area contributed by atoms with Crippen molar-refractivity contribution in [2.24, 2.45) is 5.73 Å². The van der Waals surface area contributed by atoms with Gasteiger partial charge in [-0.05, 0) is 24.6 Å². The predicted molar refractivity (Wildman–Crippen MR) is 62.4 cm³/mol. The van der Waals surface area contributed by atoms with Crippen molar-refractivity contribution >= 4 is 24.0 Å². The molecule has 5 heteroatoms. The van der Waals surface area contributed by atoms with E-state index >= 15 is 0 Å².